The molecule has 0 spiro atoms. The van der Waals surface area contributed by atoms with Gasteiger partial charge in [-0.25, -0.2) is 12.8 Å². The second-order valence-electron chi connectivity index (χ2n) is 8.28. The van der Waals surface area contributed by atoms with Crippen molar-refractivity contribution >= 4 is 21.6 Å². The molecule has 8 nitrogen and oxygen atoms in total. The van der Waals surface area contributed by atoms with Gasteiger partial charge in [-0.2, -0.15) is 0 Å². The molecular formula is C26H28FN3O5S. The lowest BCUT2D eigenvalue weighted by Crippen LogP contribution is -2.43. The van der Waals surface area contributed by atoms with Crippen LogP contribution in [0.25, 0.3) is 0 Å². The molecular weight excluding hydrogens is 485 g/mol. The summed E-state index contributed by atoms with van der Waals surface area (Å²) in [6, 6.07) is 18.4. The molecule has 1 aliphatic heterocycles. The predicted octanol–water partition coefficient (Wildman–Crippen LogP) is 3.44. The number of hydrogen-bond acceptors (Lipinski definition) is 6. The fourth-order valence-corrected chi connectivity index (χ4v) is 5.04. The van der Waals surface area contributed by atoms with Crippen LogP contribution in [0.3, 0.4) is 0 Å². The van der Waals surface area contributed by atoms with E-state index in [1.54, 1.807) is 19.2 Å². The van der Waals surface area contributed by atoms with Gasteiger partial charge in [-0.3, -0.25) is 14.4 Å². The highest BCUT2D eigenvalue weighted by Crippen LogP contribution is 2.24. The van der Waals surface area contributed by atoms with Crippen molar-refractivity contribution in [2.45, 2.75) is 10.9 Å². The fraction of sp³-hybridized carbons (Fsp3) is 0.269. The molecule has 1 saturated heterocycles. The molecule has 0 aromatic heterocycles. The molecule has 3 aromatic rings. The van der Waals surface area contributed by atoms with Gasteiger partial charge in [0.1, 0.15) is 11.6 Å². The van der Waals surface area contributed by atoms with Crippen LogP contribution in [0, 0.1) is 5.82 Å². The first kappa shape index (κ1) is 25.6. The molecule has 0 unspecified atom stereocenters. The monoisotopic (exact) mass is 513 g/mol. The Morgan fingerprint density at radius 2 is 1.64 bits per heavy atom. The molecule has 0 saturated carbocycles. The van der Waals surface area contributed by atoms with Crippen molar-refractivity contribution in [1.82, 2.24) is 10.2 Å². The van der Waals surface area contributed by atoms with Crippen molar-refractivity contribution in [3.8, 4) is 5.75 Å². The average molecular weight is 514 g/mol. The zero-order valence-electron chi connectivity index (χ0n) is 19.8. The number of morpholine rings is 1. The van der Waals surface area contributed by atoms with Gasteiger partial charge in [0.25, 0.3) is 15.9 Å². The van der Waals surface area contributed by atoms with Gasteiger partial charge < -0.3 is 14.8 Å². The number of methoxy groups -OCH3 is 1. The standard InChI is InChI=1S/C26H28FN3O5S/c1-34-23-10-4-19(5-11-23)25(30-14-16-35-17-15-30)18-28-26(31)20-2-8-22(9-3-20)29-36(32,33)24-12-6-21(27)7-13-24/h2-13,25,29H,14-18H2,1H3,(H,28,31)/t25-/m0/s1. The Bertz CT molecular complexity index is 1260. The van der Waals surface area contributed by atoms with E-state index in [2.05, 4.69) is 14.9 Å². The van der Waals surface area contributed by atoms with Crippen LogP contribution in [-0.2, 0) is 14.8 Å². The zero-order chi connectivity index (χ0) is 25.5. The fourth-order valence-electron chi connectivity index (χ4n) is 3.98. The third-order valence-electron chi connectivity index (χ3n) is 5.97. The van der Waals surface area contributed by atoms with Crippen molar-refractivity contribution in [1.29, 1.82) is 0 Å². The second kappa shape index (κ2) is 11.5. The highest BCUT2D eigenvalue weighted by atomic mass is 32.2. The maximum Gasteiger partial charge on any atom is 0.261 e. The summed E-state index contributed by atoms with van der Waals surface area (Å²) in [5.41, 5.74) is 1.75. The van der Waals surface area contributed by atoms with E-state index < -0.39 is 15.8 Å². The summed E-state index contributed by atoms with van der Waals surface area (Å²) in [4.78, 5) is 15.1. The van der Waals surface area contributed by atoms with E-state index in [4.69, 9.17) is 9.47 Å². The normalized spacial score (nSPS) is 15.2. The van der Waals surface area contributed by atoms with Crippen LogP contribution in [0.5, 0.6) is 5.75 Å². The SMILES string of the molecule is COc1ccc([C@H](CNC(=O)c2ccc(NS(=O)(=O)c3ccc(F)cc3)cc2)N2CCOCC2)cc1. The van der Waals surface area contributed by atoms with Crippen LogP contribution in [0.4, 0.5) is 10.1 Å². The maximum absolute atomic E-state index is 13.1. The quantitative estimate of drug-likeness (QED) is 0.455. The highest BCUT2D eigenvalue weighted by Gasteiger charge is 2.23. The third-order valence-corrected chi connectivity index (χ3v) is 7.36. The summed E-state index contributed by atoms with van der Waals surface area (Å²) in [5, 5.41) is 3.00. The molecule has 3 aromatic carbocycles. The third kappa shape index (κ3) is 6.39. The second-order valence-corrected chi connectivity index (χ2v) is 9.97. The first-order valence-electron chi connectivity index (χ1n) is 11.5. The molecule has 1 amide bonds. The van der Waals surface area contributed by atoms with Crippen molar-refractivity contribution in [3.63, 3.8) is 0 Å². The lowest BCUT2D eigenvalue weighted by molar-refractivity contribution is 0.0162. The van der Waals surface area contributed by atoms with Gasteiger partial charge in [0, 0.05) is 30.9 Å². The smallest absolute Gasteiger partial charge is 0.261 e. The van der Waals surface area contributed by atoms with E-state index in [0.29, 0.717) is 31.0 Å². The summed E-state index contributed by atoms with van der Waals surface area (Å²) in [6.07, 6.45) is 0. The van der Waals surface area contributed by atoms with E-state index in [1.165, 1.54) is 24.3 Å². The molecule has 1 fully saturated rings. The van der Waals surface area contributed by atoms with Crippen molar-refractivity contribution in [3.05, 3.63) is 89.7 Å². The molecule has 0 radical (unpaired) electrons. The minimum Gasteiger partial charge on any atom is -0.497 e. The number of nitrogens with one attached hydrogen (secondary N) is 2. The van der Waals surface area contributed by atoms with E-state index in [1.807, 2.05) is 24.3 Å². The van der Waals surface area contributed by atoms with Crippen LogP contribution in [0.15, 0.2) is 77.7 Å². The largest absolute Gasteiger partial charge is 0.497 e. The molecule has 36 heavy (non-hydrogen) atoms. The summed E-state index contributed by atoms with van der Waals surface area (Å²) in [7, 11) is -2.26. The molecule has 1 atom stereocenters. The van der Waals surface area contributed by atoms with Gasteiger partial charge in [-0.05, 0) is 66.2 Å². The Kier molecular flexibility index (Phi) is 8.19. The van der Waals surface area contributed by atoms with Crippen LogP contribution < -0.4 is 14.8 Å². The van der Waals surface area contributed by atoms with E-state index in [-0.39, 0.29) is 16.8 Å². The summed E-state index contributed by atoms with van der Waals surface area (Å²) in [6.45, 7) is 3.18. The van der Waals surface area contributed by atoms with Gasteiger partial charge in [0.15, 0.2) is 0 Å². The van der Waals surface area contributed by atoms with Crippen molar-refractivity contribution in [2.24, 2.45) is 0 Å². The molecule has 1 heterocycles. The van der Waals surface area contributed by atoms with Gasteiger partial charge in [0.05, 0.1) is 31.3 Å². The number of rotatable bonds is 9. The molecule has 190 valence electrons. The lowest BCUT2D eigenvalue weighted by Gasteiger charge is -2.35. The topological polar surface area (TPSA) is 97.0 Å². The van der Waals surface area contributed by atoms with Crippen LogP contribution in [-0.4, -0.2) is 59.2 Å². The summed E-state index contributed by atoms with van der Waals surface area (Å²) < 4.78 is 51.3. The average Bonchev–Trinajstić information content (AvgIpc) is 2.90. The number of amides is 1. The number of carbonyl (C=O) groups is 1. The van der Waals surface area contributed by atoms with E-state index in [0.717, 1.165) is 36.5 Å². The number of halogens is 1. The molecule has 10 heteroatoms. The Hall–Kier alpha value is -3.47. The van der Waals surface area contributed by atoms with Crippen molar-refractivity contribution < 1.29 is 27.1 Å². The number of ether oxygens (including phenoxy) is 2. The number of benzene rings is 3. The molecule has 1 aliphatic rings. The van der Waals surface area contributed by atoms with Gasteiger partial charge in [-0.15, -0.1) is 0 Å². The Labute approximate surface area is 210 Å². The maximum atomic E-state index is 13.1. The van der Waals surface area contributed by atoms with E-state index >= 15 is 0 Å². The van der Waals surface area contributed by atoms with Crippen LogP contribution >= 0.6 is 0 Å². The first-order valence-corrected chi connectivity index (χ1v) is 13.0. The predicted molar refractivity (Wildman–Crippen MR) is 134 cm³/mol. The minimum atomic E-state index is -3.87. The summed E-state index contributed by atoms with van der Waals surface area (Å²) in [5.74, 6) is -0.0273. The Balaban J connectivity index is 1.41. The Morgan fingerprint density at radius 3 is 2.25 bits per heavy atom. The number of sulfonamides is 1. The highest BCUT2D eigenvalue weighted by molar-refractivity contribution is 7.92. The number of nitrogens with zero attached hydrogens (tertiary/aromatic N) is 1. The van der Waals surface area contributed by atoms with Gasteiger partial charge >= 0.3 is 0 Å². The lowest BCUT2D eigenvalue weighted by atomic mass is 10.0. The zero-order valence-corrected chi connectivity index (χ0v) is 20.6. The molecule has 2 N–H and O–H groups in total. The number of carbonyl (C=O) groups excluding carboxylic acids is 1. The van der Waals surface area contributed by atoms with E-state index in [9.17, 15) is 17.6 Å². The van der Waals surface area contributed by atoms with Crippen molar-refractivity contribution in [2.75, 3.05) is 44.7 Å². The molecule has 4 rings (SSSR count). The first-order chi connectivity index (χ1) is 17.4. The summed E-state index contributed by atoms with van der Waals surface area (Å²) >= 11 is 0. The van der Waals surface area contributed by atoms with Crippen LogP contribution in [0.2, 0.25) is 0 Å². The molecule has 0 aliphatic carbocycles. The minimum absolute atomic E-state index is 0.0365. The van der Waals surface area contributed by atoms with Crippen LogP contribution in [0.1, 0.15) is 22.0 Å². The number of hydrogen-bond donors (Lipinski definition) is 2. The molecule has 0 bridgehead atoms. The van der Waals surface area contributed by atoms with Gasteiger partial charge in [0.2, 0.25) is 0 Å². The number of anilines is 1. The van der Waals surface area contributed by atoms with Gasteiger partial charge in [-0.1, -0.05) is 12.1 Å². The Morgan fingerprint density at radius 1 is 1.00 bits per heavy atom.